The van der Waals surface area contributed by atoms with E-state index in [1.54, 1.807) is 23.1 Å². The Morgan fingerprint density at radius 3 is 2.47 bits per heavy atom. The number of allylic oxidation sites excluding steroid dienone is 4. The SMILES string of the molecule is C/C=C(C)\C=C1\C(=O)N(C)C(N2CC3CC(C)(C#N)CC3C2)=CC1C[C@@H](C)Nc1ccccc1S(C)(=O)=O. The molecule has 1 aliphatic carbocycles. The van der Waals surface area contributed by atoms with Gasteiger partial charge in [0.25, 0.3) is 5.91 Å². The van der Waals surface area contributed by atoms with Crippen LogP contribution in [0.2, 0.25) is 0 Å². The van der Waals surface area contributed by atoms with E-state index in [0.717, 1.165) is 42.9 Å². The average Bonchev–Trinajstić information content (AvgIpc) is 3.38. The van der Waals surface area contributed by atoms with Crippen LogP contribution >= 0.6 is 0 Å². The summed E-state index contributed by atoms with van der Waals surface area (Å²) in [5.74, 6) is 1.75. The predicted molar refractivity (Wildman–Crippen MR) is 151 cm³/mol. The summed E-state index contributed by atoms with van der Waals surface area (Å²) >= 11 is 0. The molecule has 3 unspecified atom stereocenters. The number of anilines is 1. The molecule has 204 valence electrons. The molecule has 2 fully saturated rings. The lowest BCUT2D eigenvalue weighted by Gasteiger charge is -2.37. The third-order valence-electron chi connectivity index (χ3n) is 8.38. The molecule has 1 aromatic carbocycles. The van der Waals surface area contributed by atoms with Gasteiger partial charge in [-0.25, -0.2) is 8.42 Å². The van der Waals surface area contributed by atoms with Gasteiger partial charge < -0.3 is 10.2 Å². The van der Waals surface area contributed by atoms with Crippen LogP contribution in [-0.4, -0.2) is 56.6 Å². The van der Waals surface area contributed by atoms with Crippen LogP contribution in [0, 0.1) is 34.5 Å². The number of sulfone groups is 1. The molecule has 0 spiro atoms. The monoisotopic (exact) mass is 536 g/mol. The van der Waals surface area contributed by atoms with Crippen molar-refractivity contribution in [2.75, 3.05) is 31.7 Å². The number of nitrogens with zero attached hydrogens (tertiary/aromatic N) is 3. The topological polar surface area (TPSA) is 93.5 Å². The lowest BCUT2D eigenvalue weighted by molar-refractivity contribution is -0.126. The number of likely N-dealkylation sites (N-methyl/N-ethyl adjacent to an activating group) is 1. The molecule has 38 heavy (non-hydrogen) atoms. The summed E-state index contributed by atoms with van der Waals surface area (Å²) < 4.78 is 24.6. The molecule has 7 nitrogen and oxygen atoms in total. The van der Waals surface area contributed by atoms with Gasteiger partial charge >= 0.3 is 0 Å². The first-order chi connectivity index (χ1) is 17.8. The zero-order valence-corrected chi connectivity index (χ0v) is 24.2. The molecule has 2 heterocycles. The first-order valence-corrected chi connectivity index (χ1v) is 15.3. The number of fused-ring (bicyclic) bond motifs is 1. The van der Waals surface area contributed by atoms with Gasteiger partial charge in [0.15, 0.2) is 9.84 Å². The largest absolute Gasteiger partial charge is 0.382 e. The summed E-state index contributed by atoms with van der Waals surface area (Å²) in [6.07, 6.45) is 9.85. The fourth-order valence-electron chi connectivity index (χ4n) is 6.38. The highest BCUT2D eigenvalue weighted by atomic mass is 32.2. The summed E-state index contributed by atoms with van der Waals surface area (Å²) in [4.78, 5) is 18.1. The maximum atomic E-state index is 13.7. The van der Waals surface area contributed by atoms with Gasteiger partial charge in [0, 0.05) is 43.9 Å². The number of nitriles is 1. The van der Waals surface area contributed by atoms with Crippen molar-refractivity contribution < 1.29 is 13.2 Å². The van der Waals surface area contributed by atoms with Crippen LogP contribution in [-0.2, 0) is 14.6 Å². The second-order valence-electron chi connectivity index (χ2n) is 11.7. The Morgan fingerprint density at radius 2 is 1.89 bits per heavy atom. The van der Waals surface area contributed by atoms with E-state index in [9.17, 15) is 18.5 Å². The molecule has 1 aromatic rings. The predicted octanol–water partition coefficient (Wildman–Crippen LogP) is 4.97. The molecule has 4 rings (SSSR count). The third kappa shape index (κ3) is 5.68. The number of hydrogen-bond acceptors (Lipinski definition) is 6. The molecule has 1 saturated heterocycles. The molecule has 0 bridgehead atoms. The number of nitrogens with one attached hydrogen (secondary N) is 1. The van der Waals surface area contributed by atoms with E-state index in [4.69, 9.17) is 0 Å². The smallest absolute Gasteiger partial charge is 0.255 e. The van der Waals surface area contributed by atoms with Crippen molar-refractivity contribution in [2.24, 2.45) is 23.2 Å². The zero-order valence-electron chi connectivity index (χ0n) is 23.4. The third-order valence-corrected chi connectivity index (χ3v) is 9.53. The molecule has 4 atom stereocenters. The van der Waals surface area contributed by atoms with E-state index in [1.165, 1.54) is 6.26 Å². The molecule has 1 amide bonds. The summed E-state index contributed by atoms with van der Waals surface area (Å²) in [5.41, 5.74) is 2.11. The minimum Gasteiger partial charge on any atom is -0.382 e. The fourth-order valence-corrected chi connectivity index (χ4v) is 7.23. The lowest BCUT2D eigenvalue weighted by Crippen LogP contribution is -2.42. The minimum atomic E-state index is -3.38. The Balaban J connectivity index is 1.61. The molecular weight excluding hydrogens is 496 g/mol. The first kappa shape index (κ1) is 28.0. The van der Waals surface area contributed by atoms with Gasteiger partial charge in [-0.05, 0) is 77.0 Å². The van der Waals surface area contributed by atoms with Crippen LogP contribution in [0.5, 0.6) is 0 Å². The normalized spacial score (nSPS) is 29.8. The van der Waals surface area contributed by atoms with Crippen LogP contribution in [0.25, 0.3) is 0 Å². The number of amides is 1. The first-order valence-electron chi connectivity index (χ1n) is 13.4. The van der Waals surface area contributed by atoms with Crippen molar-refractivity contribution >= 4 is 21.4 Å². The van der Waals surface area contributed by atoms with Crippen LogP contribution in [0.15, 0.2) is 64.4 Å². The zero-order chi connectivity index (χ0) is 27.8. The Bertz CT molecular complexity index is 1320. The van der Waals surface area contributed by atoms with Gasteiger partial charge in [-0.2, -0.15) is 5.26 Å². The van der Waals surface area contributed by atoms with Crippen LogP contribution in [0.4, 0.5) is 5.69 Å². The van der Waals surface area contributed by atoms with Crippen molar-refractivity contribution in [1.82, 2.24) is 9.80 Å². The molecule has 3 aliphatic rings. The van der Waals surface area contributed by atoms with Gasteiger partial charge in [0.05, 0.1) is 22.1 Å². The van der Waals surface area contributed by atoms with E-state index in [-0.39, 0.29) is 28.2 Å². The number of likely N-dealkylation sites (tertiary alicyclic amines) is 1. The van der Waals surface area contributed by atoms with Crippen molar-refractivity contribution in [3.05, 3.63) is 59.5 Å². The van der Waals surface area contributed by atoms with E-state index in [2.05, 4.69) is 29.3 Å². The Labute approximate surface area is 227 Å². The quantitative estimate of drug-likeness (QED) is 0.495. The molecule has 2 aliphatic heterocycles. The standard InChI is InChI=1S/C30H40N4O3S/c1-7-20(2)12-25-22(13-21(3)32-26-10-8-9-11-27(26)38(6,36)37)14-28(33(5)29(25)35)34-17-23-15-30(4,19-31)16-24(23)18-34/h7-12,14,21-24,32H,13,15-18H2,1-6H3/b20-7-,25-12+/t21-,22?,23?,24?,30?/m1/s1. The molecule has 1 saturated carbocycles. The molecular formula is C30H40N4O3S. The highest BCUT2D eigenvalue weighted by Gasteiger charge is 2.48. The lowest BCUT2D eigenvalue weighted by atomic mass is 9.87. The Hall–Kier alpha value is -3.05. The molecule has 8 heteroatoms. The number of benzene rings is 1. The van der Waals surface area contributed by atoms with Crippen molar-refractivity contribution in [3.8, 4) is 6.07 Å². The van der Waals surface area contributed by atoms with Crippen LogP contribution in [0.3, 0.4) is 0 Å². The molecule has 0 radical (unpaired) electrons. The highest BCUT2D eigenvalue weighted by Crippen LogP contribution is 2.49. The Kier molecular flexibility index (Phi) is 7.81. The van der Waals surface area contributed by atoms with E-state index >= 15 is 0 Å². The number of carbonyl (C=O) groups is 1. The molecule has 1 N–H and O–H groups in total. The number of rotatable bonds is 7. The van der Waals surface area contributed by atoms with Gasteiger partial charge in [-0.1, -0.05) is 29.9 Å². The fraction of sp³-hybridized carbons (Fsp3) is 0.533. The number of carbonyl (C=O) groups excluding carboxylic acids is 1. The average molecular weight is 537 g/mol. The van der Waals surface area contributed by atoms with Gasteiger partial charge in [0.1, 0.15) is 5.82 Å². The summed E-state index contributed by atoms with van der Waals surface area (Å²) in [7, 11) is -1.53. The van der Waals surface area contributed by atoms with E-state index in [1.807, 2.05) is 46.0 Å². The van der Waals surface area contributed by atoms with Gasteiger partial charge in [-0.3, -0.25) is 9.69 Å². The summed E-state index contributed by atoms with van der Waals surface area (Å²) in [5, 5.41) is 13.0. The Morgan fingerprint density at radius 1 is 1.26 bits per heavy atom. The van der Waals surface area contributed by atoms with Crippen LogP contribution in [0.1, 0.15) is 47.0 Å². The van der Waals surface area contributed by atoms with Crippen LogP contribution < -0.4 is 5.32 Å². The van der Waals surface area contributed by atoms with E-state index < -0.39 is 9.84 Å². The number of hydrogen-bond donors (Lipinski definition) is 1. The summed E-state index contributed by atoms with van der Waals surface area (Å²) in [6, 6.07) is 9.38. The van der Waals surface area contributed by atoms with Crippen molar-refractivity contribution in [1.29, 1.82) is 5.26 Å². The van der Waals surface area contributed by atoms with Crippen molar-refractivity contribution in [2.45, 2.75) is 57.9 Å². The molecule has 0 aromatic heterocycles. The van der Waals surface area contributed by atoms with E-state index in [0.29, 0.717) is 23.9 Å². The van der Waals surface area contributed by atoms with Gasteiger partial charge in [0.2, 0.25) is 0 Å². The maximum Gasteiger partial charge on any atom is 0.255 e. The number of para-hydroxylation sites is 1. The minimum absolute atomic E-state index is 0.00337. The second kappa shape index (κ2) is 10.6. The maximum absolute atomic E-state index is 13.7. The van der Waals surface area contributed by atoms with Gasteiger partial charge in [-0.15, -0.1) is 0 Å². The van der Waals surface area contributed by atoms with Crippen molar-refractivity contribution in [3.63, 3.8) is 0 Å². The highest BCUT2D eigenvalue weighted by molar-refractivity contribution is 7.90. The summed E-state index contributed by atoms with van der Waals surface area (Å²) in [6.45, 7) is 9.77. The second-order valence-corrected chi connectivity index (χ2v) is 13.7.